The highest BCUT2D eigenvalue weighted by Gasteiger charge is 2.38. The predicted molar refractivity (Wildman–Crippen MR) is 162 cm³/mol. The van der Waals surface area contributed by atoms with Crippen LogP contribution in [0.5, 0.6) is 0 Å². The van der Waals surface area contributed by atoms with E-state index in [9.17, 15) is 32.7 Å². The molecule has 0 aliphatic rings. The van der Waals surface area contributed by atoms with Gasteiger partial charge in [-0.1, -0.05) is 74.5 Å². The zero-order valence-corrected chi connectivity index (χ0v) is 24.9. The van der Waals surface area contributed by atoms with Crippen LogP contribution in [0.4, 0.5) is 19.0 Å². The van der Waals surface area contributed by atoms with E-state index >= 15 is 0 Å². The number of rotatable bonds is 14. The molecule has 2 amide bonds. The van der Waals surface area contributed by atoms with Crippen molar-refractivity contribution >= 4 is 29.6 Å². The molecule has 1 unspecified atom stereocenters. The Labute approximate surface area is 259 Å². The van der Waals surface area contributed by atoms with Gasteiger partial charge in [0.05, 0.1) is 12.5 Å². The van der Waals surface area contributed by atoms with E-state index in [2.05, 4.69) is 20.9 Å². The molecule has 0 radical (unpaired) electrons. The predicted octanol–water partition coefficient (Wildman–Crippen LogP) is 5.44. The highest BCUT2D eigenvalue weighted by Crippen LogP contribution is 2.24. The van der Waals surface area contributed by atoms with Crippen molar-refractivity contribution in [3.8, 4) is 11.1 Å². The standard InChI is InChI=1S/C30H36N4O4.C2HF3O2/c1-21(2)19-26(33-28(35)12-8-18-32-27-11-6-7-17-31-27)30(38)34-25(20-29(36)37)24-15-13-23(14-16-24)22-9-4-3-5-10-22;3-2(4,5)1(6)7/h3-7,9-11,13-17,21,25-26H,8,12,18-20H2,1-2H3,(H,31,32)(H,33,35)(H,34,38)(H,36,37);(H,6,7)/t25?,26-;/m1./s1. The zero-order valence-electron chi connectivity index (χ0n) is 24.9. The first-order valence-electron chi connectivity index (χ1n) is 14.2. The monoisotopic (exact) mass is 630 g/mol. The zero-order chi connectivity index (χ0) is 33.4. The minimum absolute atomic E-state index is 0.153. The number of anilines is 1. The fourth-order valence-corrected chi connectivity index (χ4v) is 4.14. The van der Waals surface area contributed by atoms with Gasteiger partial charge in [-0.3, -0.25) is 14.4 Å². The summed E-state index contributed by atoms with van der Waals surface area (Å²) < 4.78 is 31.7. The molecule has 1 aromatic heterocycles. The molecule has 13 heteroatoms. The lowest BCUT2D eigenvalue weighted by Gasteiger charge is -2.24. The van der Waals surface area contributed by atoms with E-state index < -0.39 is 36.1 Å². The third-order valence-electron chi connectivity index (χ3n) is 6.27. The molecule has 2 aromatic carbocycles. The molecule has 0 fully saturated rings. The number of nitrogens with zero attached hydrogens (tertiary/aromatic N) is 1. The molecule has 242 valence electrons. The number of carbonyl (C=O) groups is 4. The van der Waals surface area contributed by atoms with Crippen molar-refractivity contribution in [2.24, 2.45) is 5.92 Å². The van der Waals surface area contributed by atoms with E-state index in [1.54, 1.807) is 6.20 Å². The molecular formula is C32H37F3N4O6. The Morgan fingerprint density at radius 3 is 1.98 bits per heavy atom. The number of hydrogen-bond donors (Lipinski definition) is 5. The second kappa shape index (κ2) is 18.0. The Morgan fingerprint density at radius 1 is 0.844 bits per heavy atom. The number of aromatic nitrogens is 1. The maximum Gasteiger partial charge on any atom is 0.490 e. The van der Waals surface area contributed by atoms with E-state index in [1.165, 1.54) is 0 Å². The van der Waals surface area contributed by atoms with Gasteiger partial charge < -0.3 is 26.2 Å². The Bertz CT molecular complexity index is 1370. The van der Waals surface area contributed by atoms with Gasteiger partial charge in [0.2, 0.25) is 11.8 Å². The number of halogens is 3. The molecule has 0 saturated heterocycles. The van der Waals surface area contributed by atoms with Gasteiger partial charge in [0, 0.05) is 19.2 Å². The SMILES string of the molecule is CC(C)C[C@@H](NC(=O)CCCNc1ccccn1)C(=O)NC(CC(=O)O)c1ccc(-c2ccccc2)cc1.O=C(O)C(F)(F)F. The minimum Gasteiger partial charge on any atom is -0.481 e. The van der Waals surface area contributed by atoms with Crippen LogP contribution < -0.4 is 16.0 Å². The lowest BCUT2D eigenvalue weighted by molar-refractivity contribution is -0.192. The molecule has 45 heavy (non-hydrogen) atoms. The van der Waals surface area contributed by atoms with Crippen LogP contribution in [0.2, 0.25) is 0 Å². The Morgan fingerprint density at radius 2 is 1.44 bits per heavy atom. The van der Waals surface area contributed by atoms with E-state index in [1.807, 2.05) is 86.6 Å². The van der Waals surface area contributed by atoms with Crippen molar-refractivity contribution in [2.75, 3.05) is 11.9 Å². The number of carboxylic acid groups (broad SMARTS) is 2. The molecule has 0 aliphatic carbocycles. The Hall–Kier alpha value is -4.94. The average molecular weight is 631 g/mol. The summed E-state index contributed by atoms with van der Waals surface area (Å²) in [5, 5.41) is 25.5. The molecular weight excluding hydrogens is 593 g/mol. The number of carbonyl (C=O) groups excluding carboxylic acids is 2. The van der Waals surface area contributed by atoms with Crippen LogP contribution in [0.15, 0.2) is 79.0 Å². The summed E-state index contributed by atoms with van der Waals surface area (Å²) in [4.78, 5) is 50.5. The second-order valence-corrected chi connectivity index (χ2v) is 10.4. The highest BCUT2D eigenvalue weighted by molar-refractivity contribution is 5.88. The topological polar surface area (TPSA) is 158 Å². The fourth-order valence-electron chi connectivity index (χ4n) is 4.14. The molecule has 10 nitrogen and oxygen atoms in total. The third-order valence-corrected chi connectivity index (χ3v) is 6.27. The van der Waals surface area contributed by atoms with Gasteiger partial charge in [-0.05, 0) is 47.6 Å². The maximum absolute atomic E-state index is 13.2. The van der Waals surface area contributed by atoms with Crippen molar-refractivity contribution in [3.05, 3.63) is 84.6 Å². The van der Waals surface area contributed by atoms with E-state index in [0.717, 1.165) is 16.9 Å². The molecule has 0 bridgehead atoms. The van der Waals surface area contributed by atoms with Crippen LogP contribution >= 0.6 is 0 Å². The summed E-state index contributed by atoms with van der Waals surface area (Å²) in [6.45, 7) is 4.52. The van der Waals surface area contributed by atoms with Gasteiger partial charge in [-0.2, -0.15) is 13.2 Å². The number of carboxylic acids is 2. The lowest BCUT2D eigenvalue weighted by Crippen LogP contribution is -2.48. The Kier molecular flexibility index (Phi) is 14.5. The summed E-state index contributed by atoms with van der Waals surface area (Å²) in [6, 6.07) is 21.4. The van der Waals surface area contributed by atoms with Crippen molar-refractivity contribution < 1.29 is 42.6 Å². The second-order valence-electron chi connectivity index (χ2n) is 10.4. The van der Waals surface area contributed by atoms with Crippen molar-refractivity contribution in [3.63, 3.8) is 0 Å². The maximum atomic E-state index is 13.2. The summed E-state index contributed by atoms with van der Waals surface area (Å²) in [6.07, 6.45) is -2.39. The third kappa shape index (κ3) is 13.9. The lowest BCUT2D eigenvalue weighted by atomic mass is 9.98. The number of nitrogens with one attached hydrogen (secondary N) is 3. The number of hydrogen-bond acceptors (Lipinski definition) is 6. The van der Waals surface area contributed by atoms with Gasteiger partial charge in [0.25, 0.3) is 0 Å². The van der Waals surface area contributed by atoms with E-state index in [0.29, 0.717) is 24.9 Å². The first kappa shape index (κ1) is 36.3. The van der Waals surface area contributed by atoms with Crippen molar-refractivity contribution in [1.82, 2.24) is 15.6 Å². The quantitative estimate of drug-likeness (QED) is 0.147. The highest BCUT2D eigenvalue weighted by atomic mass is 19.4. The summed E-state index contributed by atoms with van der Waals surface area (Å²) in [7, 11) is 0. The van der Waals surface area contributed by atoms with Gasteiger partial charge >= 0.3 is 18.1 Å². The summed E-state index contributed by atoms with van der Waals surface area (Å²) in [5.74, 6) is -3.50. The van der Waals surface area contributed by atoms with Gasteiger partial charge in [0.15, 0.2) is 0 Å². The number of alkyl halides is 3. The van der Waals surface area contributed by atoms with Crippen molar-refractivity contribution in [2.45, 2.75) is 57.8 Å². The molecule has 2 atom stereocenters. The molecule has 0 spiro atoms. The molecule has 3 aromatic rings. The van der Waals surface area contributed by atoms with Gasteiger partial charge in [0.1, 0.15) is 11.9 Å². The van der Waals surface area contributed by atoms with Crippen LogP contribution in [0, 0.1) is 5.92 Å². The number of aliphatic carboxylic acids is 2. The molecule has 1 heterocycles. The van der Waals surface area contributed by atoms with Crippen molar-refractivity contribution in [1.29, 1.82) is 0 Å². The minimum atomic E-state index is -5.08. The summed E-state index contributed by atoms with van der Waals surface area (Å²) >= 11 is 0. The van der Waals surface area contributed by atoms with Crippen LogP contribution in [-0.4, -0.2) is 57.7 Å². The summed E-state index contributed by atoms with van der Waals surface area (Å²) in [5.41, 5.74) is 2.74. The number of pyridine rings is 1. The van der Waals surface area contributed by atoms with Crippen LogP contribution in [0.25, 0.3) is 11.1 Å². The first-order chi connectivity index (χ1) is 21.3. The molecule has 0 aliphatic heterocycles. The van der Waals surface area contributed by atoms with Crippen LogP contribution in [0.1, 0.15) is 51.1 Å². The number of benzene rings is 2. The number of amides is 2. The molecule has 3 rings (SSSR count). The first-order valence-corrected chi connectivity index (χ1v) is 14.2. The fraction of sp³-hybridized carbons (Fsp3) is 0.344. The van der Waals surface area contributed by atoms with E-state index in [-0.39, 0.29) is 24.7 Å². The van der Waals surface area contributed by atoms with Crippen LogP contribution in [-0.2, 0) is 19.2 Å². The van der Waals surface area contributed by atoms with Crippen LogP contribution in [0.3, 0.4) is 0 Å². The smallest absolute Gasteiger partial charge is 0.481 e. The molecule has 0 saturated carbocycles. The average Bonchev–Trinajstić information content (AvgIpc) is 2.99. The molecule has 5 N–H and O–H groups in total. The normalized spacial score (nSPS) is 12.2. The van der Waals surface area contributed by atoms with Gasteiger partial charge in [-0.25, -0.2) is 9.78 Å². The van der Waals surface area contributed by atoms with E-state index in [4.69, 9.17) is 9.90 Å². The van der Waals surface area contributed by atoms with Gasteiger partial charge in [-0.15, -0.1) is 0 Å². The Balaban J connectivity index is 0.000000900. The largest absolute Gasteiger partial charge is 0.490 e.